The molecule has 0 bridgehead atoms. The van der Waals surface area contributed by atoms with E-state index < -0.39 is 0 Å². The van der Waals surface area contributed by atoms with Gasteiger partial charge >= 0.3 is 0 Å². The summed E-state index contributed by atoms with van der Waals surface area (Å²) in [7, 11) is 0. The summed E-state index contributed by atoms with van der Waals surface area (Å²) in [6, 6.07) is 1.99. The van der Waals surface area contributed by atoms with Gasteiger partial charge in [0.25, 0.3) is 0 Å². The summed E-state index contributed by atoms with van der Waals surface area (Å²) in [5.41, 5.74) is 8.35. The van der Waals surface area contributed by atoms with Gasteiger partial charge in [-0.15, -0.1) is 5.10 Å². The largest absolute Gasteiger partial charge is 0.326 e. The number of nitrogens with two attached hydrogens (primary N) is 1. The van der Waals surface area contributed by atoms with Crippen LogP contribution in [-0.4, -0.2) is 29.5 Å². The van der Waals surface area contributed by atoms with Crippen molar-refractivity contribution in [3.8, 4) is 0 Å². The van der Waals surface area contributed by atoms with Crippen LogP contribution in [0.3, 0.4) is 0 Å². The predicted octanol–water partition coefficient (Wildman–Crippen LogP) is 0.940. The predicted molar refractivity (Wildman–Crippen MR) is 74.8 cm³/mol. The maximum Gasteiger partial charge on any atom is 0.131 e. The van der Waals surface area contributed by atoms with Gasteiger partial charge in [0.05, 0.1) is 23.6 Å². The van der Waals surface area contributed by atoms with Crippen LogP contribution in [0.4, 0.5) is 0 Å². The van der Waals surface area contributed by atoms with Crippen LogP contribution in [0.25, 0.3) is 11.0 Å². The summed E-state index contributed by atoms with van der Waals surface area (Å²) >= 11 is 0. The lowest BCUT2D eigenvalue weighted by atomic mass is 10.4. The van der Waals surface area contributed by atoms with Crippen LogP contribution in [0.5, 0.6) is 0 Å². The van der Waals surface area contributed by atoms with Gasteiger partial charge in [0, 0.05) is 19.3 Å². The topological polar surface area (TPSA) is 87.4 Å². The Morgan fingerprint density at radius 1 is 1.35 bits per heavy atom. The van der Waals surface area contributed by atoms with E-state index >= 15 is 0 Å². The van der Waals surface area contributed by atoms with Crippen LogP contribution in [0.1, 0.15) is 24.9 Å². The Hall–Kier alpha value is -2.28. The average Bonchev–Trinajstić information content (AvgIpc) is 3.05. The molecule has 104 valence electrons. The van der Waals surface area contributed by atoms with Gasteiger partial charge in [0.15, 0.2) is 0 Å². The SMILES string of the molecule is CCCn1c(Cn2cc(CN)nn2)nc2cnccc21. The van der Waals surface area contributed by atoms with E-state index in [0.29, 0.717) is 13.1 Å². The zero-order valence-corrected chi connectivity index (χ0v) is 11.4. The number of imidazole rings is 1. The van der Waals surface area contributed by atoms with Crippen molar-refractivity contribution in [2.75, 3.05) is 0 Å². The summed E-state index contributed by atoms with van der Waals surface area (Å²) in [4.78, 5) is 8.77. The number of fused-ring (bicyclic) bond motifs is 1. The Balaban J connectivity index is 1.99. The van der Waals surface area contributed by atoms with Gasteiger partial charge in [-0.25, -0.2) is 9.67 Å². The fraction of sp³-hybridized carbons (Fsp3) is 0.385. The smallest absolute Gasteiger partial charge is 0.131 e. The summed E-state index contributed by atoms with van der Waals surface area (Å²) in [5.74, 6) is 0.961. The van der Waals surface area contributed by atoms with Crippen LogP contribution < -0.4 is 5.73 Å². The lowest BCUT2D eigenvalue weighted by molar-refractivity contribution is 0.578. The van der Waals surface area contributed by atoms with Crippen LogP contribution >= 0.6 is 0 Å². The summed E-state index contributed by atoms with van der Waals surface area (Å²) in [5, 5.41) is 8.07. The molecule has 3 aromatic rings. The average molecular weight is 271 g/mol. The molecule has 0 saturated carbocycles. The fourth-order valence-electron chi connectivity index (χ4n) is 2.28. The van der Waals surface area contributed by atoms with Crippen LogP contribution in [0.2, 0.25) is 0 Å². The fourth-order valence-corrected chi connectivity index (χ4v) is 2.28. The third kappa shape index (κ3) is 2.27. The van der Waals surface area contributed by atoms with Gasteiger partial charge < -0.3 is 10.3 Å². The van der Waals surface area contributed by atoms with E-state index in [1.165, 1.54) is 0 Å². The maximum absolute atomic E-state index is 5.55. The minimum Gasteiger partial charge on any atom is -0.326 e. The Morgan fingerprint density at radius 3 is 3.00 bits per heavy atom. The molecule has 3 heterocycles. The summed E-state index contributed by atoms with van der Waals surface area (Å²) in [6.07, 6.45) is 6.49. The highest BCUT2D eigenvalue weighted by atomic mass is 15.4. The minimum absolute atomic E-state index is 0.398. The van der Waals surface area contributed by atoms with Crippen LogP contribution in [0.15, 0.2) is 24.7 Å². The lowest BCUT2D eigenvalue weighted by Gasteiger charge is -2.07. The van der Waals surface area contributed by atoms with Crippen molar-refractivity contribution < 1.29 is 0 Å². The zero-order valence-electron chi connectivity index (χ0n) is 11.4. The molecule has 2 N–H and O–H groups in total. The van der Waals surface area contributed by atoms with E-state index in [1.54, 1.807) is 17.1 Å². The van der Waals surface area contributed by atoms with E-state index in [-0.39, 0.29) is 0 Å². The molecule has 0 fully saturated rings. The summed E-state index contributed by atoms with van der Waals surface area (Å²) in [6.45, 7) is 4.06. The molecular weight excluding hydrogens is 254 g/mol. The third-order valence-electron chi connectivity index (χ3n) is 3.18. The molecule has 7 heteroatoms. The van der Waals surface area contributed by atoms with Crippen molar-refractivity contribution in [1.29, 1.82) is 0 Å². The first-order valence-corrected chi connectivity index (χ1v) is 6.70. The second-order valence-electron chi connectivity index (χ2n) is 4.66. The second kappa shape index (κ2) is 5.38. The number of aromatic nitrogens is 6. The second-order valence-corrected chi connectivity index (χ2v) is 4.66. The molecular formula is C13H17N7. The van der Waals surface area contributed by atoms with Gasteiger partial charge in [0.2, 0.25) is 0 Å². The monoisotopic (exact) mass is 271 g/mol. The van der Waals surface area contributed by atoms with Gasteiger partial charge in [0.1, 0.15) is 17.9 Å². The van der Waals surface area contributed by atoms with Crippen molar-refractivity contribution in [3.63, 3.8) is 0 Å². The number of rotatable bonds is 5. The number of hydrogen-bond acceptors (Lipinski definition) is 5. The molecule has 0 aliphatic rings. The first-order chi connectivity index (χ1) is 9.81. The van der Waals surface area contributed by atoms with Gasteiger partial charge in [-0.1, -0.05) is 12.1 Å². The Labute approximate surface area is 116 Å². The van der Waals surface area contributed by atoms with E-state index in [2.05, 4.69) is 31.8 Å². The maximum atomic E-state index is 5.55. The molecule has 7 nitrogen and oxygen atoms in total. The van der Waals surface area contributed by atoms with Crippen molar-refractivity contribution in [2.45, 2.75) is 33.0 Å². The molecule has 0 spiro atoms. The van der Waals surface area contributed by atoms with Gasteiger partial charge in [-0.3, -0.25) is 4.98 Å². The van der Waals surface area contributed by atoms with Crippen molar-refractivity contribution >= 4 is 11.0 Å². The minimum atomic E-state index is 0.398. The normalized spacial score (nSPS) is 11.3. The highest BCUT2D eigenvalue weighted by Gasteiger charge is 2.11. The van der Waals surface area contributed by atoms with E-state index in [0.717, 1.165) is 35.5 Å². The molecule has 3 rings (SSSR count). The standard InChI is InChI=1S/C13H17N7/c1-2-5-20-12-3-4-15-7-11(12)16-13(20)9-19-8-10(6-14)17-18-19/h3-4,7-8H,2,5-6,9,14H2,1H3. The first kappa shape index (κ1) is 12.7. The number of hydrogen-bond donors (Lipinski definition) is 1. The van der Waals surface area contributed by atoms with Crippen molar-refractivity contribution in [2.24, 2.45) is 5.73 Å². The molecule has 20 heavy (non-hydrogen) atoms. The van der Waals surface area contributed by atoms with Crippen molar-refractivity contribution in [1.82, 2.24) is 29.5 Å². The molecule has 0 amide bonds. The first-order valence-electron chi connectivity index (χ1n) is 6.70. The number of pyridine rings is 1. The number of nitrogens with zero attached hydrogens (tertiary/aromatic N) is 6. The van der Waals surface area contributed by atoms with E-state index in [1.807, 2.05) is 12.3 Å². The highest BCUT2D eigenvalue weighted by Crippen LogP contribution is 2.16. The molecule has 0 radical (unpaired) electrons. The van der Waals surface area contributed by atoms with Gasteiger partial charge in [-0.05, 0) is 12.5 Å². The van der Waals surface area contributed by atoms with Crippen LogP contribution in [-0.2, 0) is 19.6 Å². The third-order valence-corrected chi connectivity index (χ3v) is 3.18. The lowest BCUT2D eigenvalue weighted by Crippen LogP contribution is -2.09. The quantitative estimate of drug-likeness (QED) is 0.746. The van der Waals surface area contributed by atoms with Gasteiger partial charge in [-0.2, -0.15) is 0 Å². The Bertz CT molecular complexity index is 712. The number of aryl methyl sites for hydroxylation is 1. The molecule has 0 aliphatic heterocycles. The Kier molecular flexibility index (Phi) is 3.42. The molecule has 0 unspecified atom stereocenters. The highest BCUT2D eigenvalue weighted by molar-refractivity contribution is 5.74. The molecule has 0 aromatic carbocycles. The van der Waals surface area contributed by atoms with E-state index in [9.17, 15) is 0 Å². The zero-order chi connectivity index (χ0) is 13.9. The summed E-state index contributed by atoms with van der Waals surface area (Å²) < 4.78 is 3.98. The molecule has 0 atom stereocenters. The van der Waals surface area contributed by atoms with Crippen molar-refractivity contribution in [3.05, 3.63) is 36.2 Å². The molecule has 0 saturated heterocycles. The van der Waals surface area contributed by atoms with E-state index in [4.69, 9.17) is 5.73 Å². The van der Waals surface area contributed by atoms with Crippen LogP contribution in [0, 0.1) is 0 Å². The molecule has 0 aliphatic carbocycles. The molecule has 3 aromatic heterocycles. The Morgan fingerprint density at radius 2 is 2.25 bits per heavy atom.